The number of rotatable bonds is 3. The van der Waals surface area contributed by atoms with Gasteiger partial charge in [0.2, 0.25) is 0 Å². The molecule has 1 N–H and O–H groups in total. The summed E-state index contributed by atoms with van der Waals surface area (Å²) in [5, 5.41) is 10.7. The van der Waals surface area contributed by atoms with Crippen LogP contribution in [-0.4, -0.2) is 16.7 Å². The van der Waals surface area contributed by atoms with Crippen molar-refractivity contribution in [2.75, 3.05) is 6.61 Å². The van der Waals surface area contributed by atoms with Crippen LogP contribution in [0.1, 0.15) is 36.8 Å². The third-order valence-corrected chi connectivity index (χ3v) is 4.05. The summed E-state index contributed by atoms with van der Waals surface area (Å²) in [5.41, 5.74) is 0.490. The second-order valence-corrected chi connectivity index (χ2v) is 5.74. The summed E-state index contributed by atoms with van der Waals surface area (Å²) in [5.74, 6) is 0.635. The number of nitrogens with zero attached hydrogens (tertiary/aromatic N) is 1. The Morgan fingerprint density at radius 3 is 3.00 bits per heavy atom. The lowest BCUT2D eigenvalue weighted by atomic mass is 9.81. The fraction of sp³-hybridized carbons (Fsp3) is 0.353. The van der Waals surface area contributed by atoms with Gasteiger partial charge in [-0.25, -0.2) is 4.39 Å². The first-order valence-corrected chi connectivity index (χ1v) is 7.11. The molecule has 2 heterocycles. The molecule has 0 aliphatic carbocycles. The molecule has 0 spiro atoms. The van der Waals surface area contributed by atoms with Crippen molar-refractivity contribution < 1.29 is 14.2 Å². The predicted molar refractivity (Wildman–Crippen MR) is 77.7 cm³/mol. The van der Waals surface area contributed by atoms with Crippen molar-refractivity contribution >= 4 is 0 Å². The molecule has 0 saturated carbocycles. The van der Waals surface area contributed by atoms with Gasteiger partial charge < -0.3 is 9.84 Å². The maximum atomic E-state index is 13.3. The second kappa shape index (κ2) is 5.45. The Morgan fingerprint density at radius 1 is 1.38 bits per heavy atom. The lowest BCUT2D eigenvalue weighted by Crippen LogP contribution is -2.27. The number of aromatic nitrogens is 1. The van der Waals surface area contributed by atoms with Crippen molar-refractivity contribution in [1.29, 1.82) is 0 Å². The molecule has 110 valence electrons. The second-order valence-electron chi connectivity index (χ2n) is 5.74. The van der Waals surface area contributed by atoms with Crippen LogP contribution in [0.15, 0.2) is 42.7 Å². The van der Waals surface area contributed by atoms with E-state index in [0.29, 0.717) is 18.6 Å². The molecule has 0 saturated heterocycles. The number of benzene rings is 1. The van der Waals surface area contributed by atoms with Crippen LogP contribution >= 0.6 is 0 Å². The van der Waals surface area contributed by atoms with Gasteiger partial charge in [-0.1, -0.05) is 18.2 Å². The molecule has 0 bridgehead atoms. The molecular weight excluding hydrogens is 269 g/mol. The van der Waals surface area contributed by atoms with Crippen molar-refractivity contribution in [3.05, 3.63) is 59.7 Å². The van der Waals surface area contributed by atoms with E-state index < -0.39 is 11.4 Å². The van der Waals surface area contributed by atoms with Gasteiger partial charge in [-0.15, -0.1) is 0 Å². The van der Waals surface area contributed by atoms with E-state index in [1.807, 2.05) is 24.3 Å². The molecule has 0 radical (unpaired) electrons. The van der Waals surface area contributed by atoms with E-state index in [2.05, 4.69) is 4.98 Å². The van der Waals surface area contributed by atoms with Crippen molar-refractivity contribution in [3.8, 4) is 5.75 Å². The molecule has 3 rings (SSSR count). The molecule has 21 heavy (non-hydrogen) atoms. The molecule has 4 heteroatoms. The SMILES string of the molecule is CC(O)(CC1CCOc2ccccc21)c1cncc(F)c1. The highest BCUT2D eigenvalue weighted by Crippen LogP contribution is 2.40. The minimum absolute atomic E-state index is 0.188. The highest BCUT2D eigenvalue weighted by atomic mass is 19.1. The number of pyridine rings is 1. The fourth-order valence-corrected chi connectivity index (χ4v) is 2.93. The van der Waals surface area contributed by atoms with Crippen LogP contribution in [-0.2, 0) is 5.60 Å². The van der Waals surface area contributed by atoms with E-state index in [9.17, 15) is 9.50 Å². The lowest BCUT2D eigenvalue weighted by Gasteiger charge is -2.32. The summed E-state index contributed by atoms with van der Waals surface area (Å²) in [6.07, 6.45) is 4.02. The van der Waals surface area contributed by atoms with E-state index in [0.717, 1.165) is 23.9 Å². The van der Waals surface area contributed by atoms with Crippen molar-refractivity contribution in [2.45, 2.75) is 31.3 Å². The monoisotopic (exact) mass is 287 g/mol. The molecule has 0 amide bonds. The van der Waals surface area contributed by atoms with Gasteiger partial charge in [0, 0.05) is 11.8 Å². The number of ether oxygens (including phenoxy) is 1. The number of fused-ring (bicyclic) bond motifs is 1. The summed E-state index contributed by atoms with van der Waals surface area (Å²) in [7, 11) is 0. The average molecular weight is 287 g/mol. The first kappa shape index (κ1) is 14.0. The van der Waals surface area contributed by atoms with Crippen LogP contribution in [0.25, 0.3) is 0 Å². The van der Waals surface area contributed by atoms with E-state index in [1.54, 1.807) is 6.92 Å². The zero-order valence-corrected chi connectivity index (χ0v) is 11.9. The van der Waals surface area contributed by atoms with Crippen molar-refractivity contribution in [3.63, 3.8) is 0 Å². The molecule has 0 fully saturated rings. The van der Waals surface area contributed by atoms with Crippen LogP contribution in [0.2, 0.25) is 0 Å². The Balaban J connectivity index is 1.86. The van der Waals surface area contributed by atoms with E-state index in [-0.39, 0.29) is 5.92 Å². The predicted octanol–water partition coefficient (Wildman–Crippen LogP) is 3.38. The number of aliphatic hydroxyl groups is 1. The molecular formula is C17H18FNO2. The third-order valence-electron chi connectivity index (χ3n) is 4.05. The summed E-state index contributed by atoms with van der Waals surface area (Å²) >= 11 is 0. The van der Waals surface area contributed by atoms with Crippen LogP contribution in [0.5, 0.6) is 5.75 Å². The fourth-order valence-electron chi connectivity index (χ4n) is 2.93. The maximum absolute atomic E-state index is 13.3. The van der Waals surface area contributed by atoms with E-state index in [1.165, 1.54) is 12.3 Å². The highest BCUT2D eigenvalue weighted by Gasteiger charge is 2.31. The highest BCUT2D eigenvalue weighted by molar-refractivity contribution is 5.38. The normalized spacial score (nSPS) is 20.2. The smallest absolute Gasteiger partial charge is 0.141 e. The Morgan fingerprint density at radius 2 is 2.19 bits per heavy atom. The van der Waals surface area contributed by atoms with Gasteiger partial charge in [-0.05, 0) is 43.4 Å². The van der Waals surface area contributed by atoms with Crippen LogP contribution in [0.3, 0.4) is 0 Å². The Labute approximate surface area is 123 Å². The largest absolute Gasteiger partial charge is 0.493 e. The first-order chi connectivity index (χ1) is 10.1. The lowest BCUT2D eigenvalue weighted by molar-refractivity contribution is 0.0346. The van der Waals surface area contributed by atoms with Crippen LogP contribution in [0, 0.1) is 5.82 Å². The first-order valence-electron chi connectivity index (χ1n) is 7.11. The third kappa shape index (κ3) is 2.90. The van der Waals surface area contributed by atoms with Crippen LogP contribution < -0.4 is 4.74 Å². The molecule has 2 unspecified atom stereocenters. The number of halogens is 1. The molecule has 1 aromatic heterocycles. The van der Waals surface area contributed by atoms with Gasteiger partial charge in [0.15, 0.2) is 0 Å². The summed E-state index contributed by atoms with van der Waals surface area (Å²) in [4.78, 5) is 3.83. The molecule has 2 aromatic rings. The molecule has 1 aliphatic heterocycles. The van der Waals surface area contributed by atoms with Gasteiger partial charge in [0.1, 0.15) is 11.6 Å². The van der Waals surface area contributed by atoms with E-state index >= 15 is 0 Å². The van der Waals surface area contributed by atoms with Crippen LogP contribution in [0.4, 0.5) is 4.39 Å². The molecule has 2 atom stereocenters. The Hall–Kier alpha value is -1.94. The minimum Gasteiger partial charge on any atom is -0.493 e. The number of para-hydroxylation sites is 1. The van der Waals surface area contributed by atoms with Gasteiger partial charge >= 0.3 is 0 Å². The Kier molecular flexibility index (Phi) is 3.64. The number of hydrogen-bond donors (Lipinski definition) is 1. The maximum Gasteiger partial charge on any atom is 0.141 e. The van der Waals surface area contributed by atoms with E-state index in [4.69, 9.17) is 4.74 Å². The zero-order valence-electron chi connectivity index (χ0n) is 11.9. The number of hydrogen-bond acceptors (Lipinski definition) is 3. The van der Waals surface area contributed by atoms with Crippen molar-refractivity contribution in [1.82, 2.24) is 4.98 Å². The van der Waals surface area contributed by atoms with Gasteiger partial charge in [0.25, 0.3) is 0 Å². The standard InChI is InChI=1S/C17H18FNO2/c1-17(20,13-8-14(18)11-19-10-13)9-12-6-7-21-16-5-3-2-4-15(12)16/h2-5,8,10-12,20H,6-7,9H2,1H3. The van der Waals surface area contributed by atoms with Gasteiger partial charge in [-0.2, -0.15) is 0 Å². The quantitative estimate of drug-likeness (QED) is 0.941. The van der Waals surface area contributed by atoms with Crippen molar-refractivity contribution in [2.24, 2.45) is 0 Å². The Bertz CT molecular complexity index is 642. The minimum atomic E-state index is -1.12. The topological polar surface area (TPSA) is 42.4 Å². The van der Waals surface area contributed by atoms with Gasteiger partial charge in [-0.3, -0.25) is 4.98 Å². The summed E-state index contributed by atoms with van der Waals surface area (Å²) in [6, 6.07) is 9.23. The summed E-state index contributed by atoms with van der Waals surface area (Å²) in [6.45, 7) is 2.35. The summed E-state index contributed by atoms with van der Waals surface area (Å²) < 4.78 is 19.0. The zero-order chi connectivity index (χ0) is 14.9. The van der Waals surface area contributed by atoms with Gasteiger partial charge in [0.05, 0.1) is 18.4 Å². The average Bonchev–Trinajstić information content (AvgIpc) is 2.47. The molecule has 3 nitrogen and oxygen atoms in total. The molecule has 1 aromatic carbocycles. The molecule has 1 aliphatic rings.